The van der Waals surface area contributed by atoms with Gasteiger partial charge < -0.3 is 14.2 Å². The maximum atomic E-state index is 12.5. The molecule has 1 aromatic carbocycles. The molecular weight excluding hydrogens is 384 g/mol. The Morgan fingerprint density at radius 2 is 1.93 bits per heavy atom. The van der Waals surface area contributed by atoms with E-state index in [1.54, 1.807) is 14.2 Å². The van der Waals surface area contributed by atoms with E-state index in [0.29, 0.717) is 30.3 Å². The molecule has 0 bridgehead atoms. The first-order valence-electron chi connectivity index (χ1n) is 10.2. The Labute approximate surface area is 174 Å². The minimum atomic E-state index is -0.460. The number of benzene rings is 1. The minimum absolute atomic E-state index is 0.400. The fourth-order valence-electron chi connectivity index (χ4n) is 4.03. The van der Waals surface area contributed by atoms with Crippen molar-refractivity contribution in [1.82, 2.24) is 24.0 Å². The lowest BCUT2D eigenvalue weighted by molar-refractivity contribution is 0.188. The van der Waals surface area contributed by atoms with E-state index in [9.17, 15) is 9.59 Å². The van der Waals surface area contributed by atoms with Crippen LogP contribution in [0.15, 0.2) is 33.9 Å². The van der Waals surface area contributed by atoms with Crippen molar-refractivity contribution < 1.29 is 4.74 Å². The molecule has 3 heterocycles. The van der Waals surface area contributed by atoms with Gasteiger partial charge in [-0.15, -0.1) is 0 Å². The lowest BCUT2D eigenvalue weighted by Gasteiger charge is -2.35. The molecule has 0 atom stereocenters. The van der Waals surface area contributed by atoms with Crippen LogP contribution in [0.4, 0.5) is 5.95 Å². The van der Waals surface area contributed by atoms with Crippen LogP contribution in [0.3, 0.4) is 0 Å². The zero-order valence-corrected chi connectivity index (χ0v) is 17.7. The second kappa shape index (κ2) is 8.45. The molecule has 3 aromatic rings. The molecule has 1 aliphatic heterocycles. The van der Waals surface area contributed by atoms with E-state index in [1.807, 2.05) is 4.57 Å². The van der Waals surface area contributed by atoms with E-state index in [0.717, 1.165) is 32.7 Å². The number of fused-ring (bicyclic) bond motifs is 1. The standard InChI is InChI=1S/C21H28N6O3/c1-15-5-4-6-16(13-15)14-25-7-9-26(10-8-25)20-22-18-17(27(20)11-12-30-3)19(28)23-21(29)24(18)2/h4-6,13H,7-12,14H2,1-3H3,(H,23,28,29). The van der Waals surface area contributed by atoms with Crippen LogP contribution >= 0.6 is 0 Å². The predicted molar refractivity (Wildman–Crippen MR) is 116 cm³/mol. The molecule has 1 fully saturated rings. The van der Waals surface area contributed by atoms with Crippen molar-refractivity contribution in [3.05, 3.63) is 56.2 Å². The molecule has 4 rings (SSSR count). The van der Waals surface area contributed by atoms with Gasteiger partial charge in [0.15, 0.2) is 11.2 Å². The molecule has 1 aliphatic rings. The summed E-state index contributed by atoms with van der Waals surface area (Å²) in [5.41, 5.74) is 2.52. The number of hydrogen-bond donors (Lipinski definition) is 1. The summed E-state index contributed by atoms with van der Waals surface area (Å²) in [4.78, 5) is 36.2. The fraction of sp³-hybridized carbons (Fsp3) is 0.476. The fourth-order valence-corrected chi connectivity index (χ4v) is 4.03. The number of ether oxygens (including phenoxy) is 1. The van der Waals surface area contributed by atoms with Gasteiger partial charge in [0.1, 0.15) is 0 Å². The summed E-state index contributed by atoms with van der Waals surface area (Å²) < 4.78 is 8.49. The molecule has 0 spiro atoms. The maximum Gasteiger partial charge on any atom is 0.329 e. The number of nitrogens with zero attached hydrogens (tertiary/aromatic N) is 5. The Hall–Kier alpha value is -2.91. The predicted octanol–water partition coefficient (Wildman–Crippen LogP) is 0.700. The molecule has 0 radical (unpaired) electrons. The Morgan fingerprint density at radius 3 is 2.63 bits per heavy atom. The van der Waals surface area contributed by atoms with Crippen LogP contribution < -0.4 is 16.1 Å². The largest absolute Gasteiger partial charge is 0.383 e. The van der Waals surface area contributed by atoms with E-state index < -0.39 is 11.2 Å². The highest BCUT2D eigenvalue weighted by Crippen LogP contribution is 2.21. The third-order valence-electron chi connectivity index (χ3n) is 5.65. The number of nitrogens with one attached hydrogen (secondary N) is 1. The monoisotopic (exact) mass is 412 g/mol. The molecule has 0 unspecified atom stereocenters. The zero-order valence-electron chi connectivity index (χ0n) is 17.7. The number of imidazole rings is 1. The number of piperazine rings is 1. The molecule has 0 amide bonds. The SMILES string of the molecule is COCCn1c(N2CCN(Cc3cccc(C)c3)CC2)nc2c1c(=O)[nH]c(=O)n2C. The molecule has 160 valence electrons. The van der Waals surface area contributed by atoms with Gasteiger partial charge in [0.05, 0.1) is 6.61 Å². The summed E-state index contributed by atoms with van der Waals surface area (Å²) in [5, 5.41) is 0. The van der Waals surface area contributed by atoms with Gasteiger partial charge in [-0.2, -0.15) is 4.98 Å². The number of aryl methyl sites for hydroxylation is 2. The molecule has 0 aliphatic carbocycles. The Kier molecular flexibility index (Phi) is 5.74. The first-order chi connectivity index (χ1) is 14.5. The lowest BCUT2D eigenvalue weighted by Crippen LogP contribution is -2.47. The van der Waals surface area contributed by atoms with Gasteiger partial charge in [-0.25, -0.2) is 4.79 Å². The summed E-state index contributed by atoms with van der Waals surface area (Å²) in [6.45, 7) is 7.38. The summed E-state index contributed by atoms with van der Waals surface area (Å²) in [6.07, 6.45) is 0. The Morgan fingerprint density at radius 1 is 1.17 bits per heavy atom. The highest BCUT2D eigenvalue weighted by atomic mass is 16.5. The Bertz CT molecular complexity index is 1150. The molecule has 9 heteroatoms. The highest BCUT2D eigenvalue weighted by molar-refractivity contribution is 5.74. The van der Waals surface area contributed by atoms with Gasteiger partial charge in [-0.1, -0.05) is 29.8 Å². The second-order valence-corrected chi connectivity index (χ2v) is 7.80. The van der Waals surface area contributed by atoms with Crippen LogP contribution in [-0.2, 0) is 24.9 Å². The van der Waals surface area contributed by atoms with Gasteiger partial charge in [0, 0.05) is 53.4 Å². The maximum absolute atomic E-state index is 12.5. The quantitative estimate of drug-likeness (QED) is 0.641. The van der Waals surface area contributed by atoms with Crippen LogP contribution in [0.5, 0.6) is 0 Å². The summed E-state index contributed by atoms with van der Waals surface area (Å²) in [5.74, 6) is 0.712. The summed E-state index contributed by atoms with van der Waals surface area (Å²) in [7, 11) is 3.25. The van der Waals surface area contributed by atoms with Crippen molar-refractivity contribution in [1.29, 1.82) is 0 Å². The van der Waals surface area contributed by atoms with E-state index in [1.165, 1.54) is 15.7 Å². The van der Waals surface area contributed by atoms with Crippen LogP contribution in [0, 0.1) is 6.92 Å². The van der Waals surface area contributed by atoms with Crippen molar-refractivity contribution in [2.45, 2.75) is 20.0 Å². The number of aromatic nitrogens is 4. The summed E-state index contributed by atoms with van der Waals surface area (Å²) in [6, 6.07) is 8.60. The number of anilines is 1. The van der Waals surface area contributed by atoms with Crippen molar-refractivity contribution in [3.63, 3.8) is 0 Å². The van der Waals surface area contributed by atoms with Crippen molar-refractivity contribution in [2.24, 2.45) is 7.05 Å². The van der Waals surface area contributed by atoms with E-state index >= 15 is 0 Å². The Balaban J connectivity index is 1.59. The van der Waals surface area contributed by atoms with Gasteiger partial charge in [0.2, 0.25) is 5.95 Å². The lowest BCUT2D eigenvalue weighted by atomic mass is 10.1. The molecule has 9 nitrogen and oxygen atoms in total. The molecule has 0 saturated carbocycles. The third kappa shape index (κ3) is 3.90. The normalized spacial score (nSPS) is 15.2. The molecule has 30 heavy (non-hydrogen) atoms. The van der Waals surface area contributed by atoms with Crippen molar-refractivity contribution in [3.8, 4) is 0 Å². The second-order valence-electron chi connectivity index (χ2n) is 7.80. The van der Waals surface area contributed by atoms with Crippen molar-refractivity contribution >= 4 is 17.1 Å². The first kappa shape index (κ1) is 20.4. The number of aromatic amines is 1. The van der Waals surface area contributed by atoms with E-state index in [-0.39, 0.29) is 0 Å². The molecule has 1 saturated heterocycles. The van der Waals surface area contributed by atoms with E-state index in [2.05, 4.69) is 51.0 Å². The van der Waals surface area contributed by atoms with E-state index in [4.69, 9.17) is 4.74 Å². The van der Waals surface area contributed by atoms with Gasteiger partial charge in [0.25, 0.3) is 5.56 Å². The van der Waals surface area contributed by atoms with Crippen molar-refractivity contribution in [2.75, 3.05) is 44.8 Å². The van der Waals surface area contributed by atoms with Gasteiger partial charge >= 0.3 is 5.69 Å². The number of hydrogen-bond acceptors (Lipinski definition) is 6. The topological polar surface area (TPSA) is 88.4 Å². The molecular formula is C21H28N6O3. The average Bonchev–Trinajstić information content (AvgIpc) is 3.11. The van der Waals surface area contributed by atoms with Crippen LogP contribution in [0.2, 0.25) is 0 Å². The van der Waals surface area contributed by atoms with Gasteiger partial charge in [-0.05, 0) is 12.5 Å². The van der Waals surface area contributed by atoms with Crippen LogP contribution in [-0.4, -0.2) is 63.9 Å². The zero-order chi connectivity index (χ0) is 21.3. The first-order valence-corrected chi connectivity index (χ1v) is 10.2. The van der Waals surface area contributed by atoms with Gasteiger partial charge in [-0.3, -0.25) is 19.2 Å². The number of methoxy groups -OCH3 is 1. The van der Waals surface area contributed by atoms with Crippen LogP contribution in [0.1, 0.15) is 11.1 Å². The number of rotatable bonds is 6. The molecule has 2 aromatic heterocycles. The summed E-state index contributed by atoms with van der Waals surface area (Å²) >= 11 is 0. The number of H-pyrrole nitrogens is 1. The smallest absolute Gasteiger partial charge is 0.329 e. The minimum Gasteiger partial charge on any atom is -0.383 e. The third-order valence-corrected chi connectivity index (χ3v) is 5.65. The molecule has 1 N–H and O–H groups in total. The highest BCUT2D eigenvalue weighted by Gasteiger charge is 2.24. The van der Waals surface area contributed by atoms with Crippen LogP contribution in [0.25, 0.3) is 11.2 Å². The average molecular weight is 412 g/mol.